The number of fused-ring (bicyclic) bond motifs is 1. The molecule has 1 N–H and O–H groups in total. The average Bonchev–Trinajstić information content (AvgIpc) is 3.15. The number of rotatable bonds is 7. The van der Waals surface area contributed by atoms with Gasteiger partial charge in [-0.25, -0.2) is 0 Å². The predicted molar refractivity (Wildman–Crippen MR) is 82.3 cm³/mol. The molecule has 0 aliphatic carbocycles. The molecular weight excluding hydrogens is 286 g/mol. The fraction of sp³-hybridized carbons (Fsp3) is 0.467. The summed E-state index contributed by atoms with van der Waals surface area (Å²) in [4.78, 5) is 0. The minimum Gasteiger partial charge on any atom is -0.383 e. The molecule has 0 amide bonds. The van der Waals surface area contributed by atoms with Gasteiger partial charge in [0.2, 0.25) is 0 Å². The zero-order chi connectivity index (χ0) is 14.5. The lowest BCUT2D eigenvalue weighted by Gasteiger charge is -2.01. The van der Waals surface area contributed by atoms with E-state index in [0.29, 0.717) is 6.61 Å². The van der Waals surface area contributed by atoms with Gasteiger partial charge in [-0.15, -0.1) is 10.2 Å². The Balaban J connectivity index is 1.59. The number of hydrogen-bond donors (Lipinski definition) is 1. The zero-order valence-corrected chi connectivity index (χ0v) is 12.9. The molecule has 1 aromatic carbocycles. The van der Waals surface area contributed by atoms with E-state index < -0.39 is 0 Å². The van der Waals surface area contributed by atoms with Crippen molar-refractivity contribution in [3.8, 4) is 10.6 Å². The number of benzene rings is 1. The summed E-state index contributed by atoms with van der Waals surface area (Å²) in [6.07, 6.45) is 0.898. The molecule has 1 aromatic heterocycles. The molecule has 2 heterocycles. The van der Waals surface area contributed by atoms with Gasteiger partial charge in [0.1, 0.15) is 10.0 Å². The average molecular weight is 305 g/mol. The monoisotopic (exact) mass is 305 g/mol. The van der Waals surface area contributed by atoms with Crippen molar-refractivity contribution in [1.29, 1.82) is 0 Å². The van der Waals surface area contributed by atoms with Gasteiger partial charge in [0.05, 0.1) is 19.8 Å². The maximum absolute atomic E-state index is 5.45. The summed E-state index contributed by atoms with van der Waals surface area (Å²) in [5.74, 6) is 0. The first-order chi connectivity index (χ1) is 10.4. The predicted octanol–water partition coefficient (Wildman–Crippen LogP) is 2.01. The number of methoxy groups -OCH3 is 1. The summed E-state index contributed by atoms with van der Waals surface area (Å²) < 4.78 is 10.4. The van der Waals surface area contributed by atoms with Gasteiger partial charge in [-0.05, 0) is 17.2 Å². The van der Waals surface area contributed by atoms with E-state index in [2.05, 4.69) is 33.7 Å². The van der Waals surface area contributed by atoms with Crippen LogP contribution in [0.15, 0.2) is 18.2 Å². The first-order valence-electron chi connectivity index (χ1n) is 7.09. The molecule has 6 heteroatoms. The topological polar surface area (TPSA) is 56.3 Å². The van der Waals surface area contributed by atoms with Gasteiger partial charge in [0, 0.05) is 32.2 Å². The molecule has 0 saturated heterocycles. The fourth-order valence-corrected chi connectivity index (χ4v) is 3.11. The van der Waals surface area contributed by atoms with Gasteiger partial charge in [-0.1, -0.05) is 23.5 Å². The molecule has 21 heavy (non-hydrogen) atoms. The van der Waals surface area contributed by atoms with Crippen LogP contribution in [0.2, 0.25) is 0 Å². The van der Waals surface area contributed by atoms with Crippen LogP contribution in [0, 0.1) is 0 Å². The molecule has 0 saturated carbocycles. The molecule has 1 aliphatic heterocycles. The lowest BCUT2D eigenvalue weighted by atomic mass is 10.1. The highest BCUT2D eigenvalue weighted by Gasteiger charge is 2.13. The Bertz CT molecular complexity index is 600. The Hall–Kier alpha value is -1.34. The Labute approximate surface area is 128 Å². The maximum atomic E-state index is 5.45. The summed E-state index contributed by atoms with van der Waals surface area (Å²) in [6, 6.07) is 6.41. The van der Waals surface area contributed by atoms with Gasteiger partial charge in [-0.2, -0.15) is 0 Å². The number of nitrogens with one attached hydrogen (secondary N) is 1. The van der Waals surface area contributed by atoms with Crippen molar-refractivity contribution in [1.82, 2.24) is 15.5 Å². The summed E-state index contributed by atoms with van der Waals surface area (Å²) in [5, 5.41) is 13.9. The second-order valence-corrected chi connectivity index (χ2v) is 6.03. The molecule has 0 fully saturated rings. The van der Waals surface area contributed by atoms with Crippen molar-refractivity contribution in [3.63, 3.8) is 0 Å². The molecule has 0 bridgehead atoms. The van der Waals surface area contributed by atoms with Crippen LogP contribution in [0.25, 0.3) is 10.6 Å². The van der Waals surface area contributed by atoms with Crippen LogP contribution in [0.3, 0.4) is 0 Å². The van der Waals surface area contributed by atoms with Crippen molar-refractivity contribution in [2.24, 2.45) is 0 Å². The van der Waals surface area contributed by atoms with Crippen LogP contribution in [-0.2, 0) is 29.1 Å². The van der Waals surface area contributed by atoms with Crippen molar-refractivity contribution >= 4 is 11.3 Å². The number of aromatic nitrogens is 2. The van der Waals surface area contributed by atoms with E-state index in [4.69, 9.17) is 9.47 Å². The first-order valence-corrected chi connectivity index (χ1v) is 7.90. The van der Waals surface area contributed by atoms with E-state index in [1.54, 1.807) is 18.4 Å². The van der Waals surface area contributed by atoms with Crippen molar-refractivity contribution in [2.75, 3.05) is 26.8 Å². The molecular formula is C15H19N3O2S. The van der Waals surface area contributed by atoms with E-state index >= 15 is 0 Å². The van der Waals surface area contributed by atoms with Crippen molar-refractivity contribution in [2.45, 2.75) is 19.6 Å². The number of nitrogens with zero attached hydrogens (tertiary/aromatic N) is 2. The molecule has 0 atom stereocenters. The van der Waals surface area contributed by atoms with E-state index in [0.717, 1.165) is 48.3 Å². The highest BCUT2D eigenvalue weighted by atomic mass is 32.1. The molecule has 5 nitrogen and oxygen atoms in total. The second kappa shape index (κ2) is 7.09. The molecule has 1 aliphatic rings. The van der Waals surface area contributed by atoms with Crippen LogP contribution in [0.5, 0.6) is 0 Å². The minimum atomic E-state index is 0.707. The fourth-order valence-electron chi connectivity index (χ4n) is 2.27. The molecule has 3 rings (SSSR count). The molecule has 0 spiro atoms. The van der Waals surface area contributed by atoms with Crippen LogP contribution < -0.4 is 5.32 Å². The summed E-state index contributed by atoms with van der Waals surface area (Å²) in [7, 11) is 1.71. The standard InChI is InChI=1S/C15H19N3O2S/c1-19-7-6-16-5-4-14-17-18-15(21-14)11-2-3-12-9-20-10-13(12)8-11/h2-3,8,16H,4-7,9-10H2,1H3. The van der Waals surface area contributed by atoms with E-state index in [-0.39, 0.29) is 0 Å². The van der Waals surface area contributed by atoms with Crippen LogP contribution in [0.1, 0.15) is 16.1 Å². The third-order valence-corrected chi connectivity index (χ3v) is 4.47. The Morgan fingerprint density at radius 2 is 2.14 bits per heavy atom. The third-order valence-electron chi connectivity index (χ3n) is 3.43. The Morgan fingerprint density at radius 3 is 3.05 bits per heavy atom. The number of hydrogen-bond acceptors (Lipinski definition) is 6. The quantitative estimate of drug-likeness (QED) is 0.793. The zero-order valence-electron chi connectivity index (χ0n) is 12.1. The number of ether oxygens (including phenoxy) is 2. The molecule has 0 unspecified atom stereocenters. The third kappa shape index (κ3) is 3.65. The smallest absolute Gasteiger partial charge is 0.147 e. The van der Waals surface area contributed by atoms with Gasteiger partial charge in [-0.3, -0.25) is 0 Å². The van der Waals surface area contributed by atoms with Crippen LogP contribution in [-0.4, -0.2) is 37.0 Å². The van der Waals surface area contributed by atoms with Crippen molar-refractivity contribution in [3.05, 3.63) is 34.3 Å². The Kier molecular flexibility index (Phi) is 4.92. The summed E-state index contributed by atoms with van der Waals surface area (Å²) in [6.45, 7) is 3.93. The molecule has 0 radical (unpaired) electrons. The lowest BCUT2D eigenvalue weighted by molar-refractivity contribution is 0.134. The second-order valence-electron chi connectivity index (χ2n) is 4.97. The van der Waals surface area contributed by atoms with Crippen LogP contribution >= 0.6 is 11.3 Å². The van der Waals surface area contributed by atoms with Gasteiger partial charge < -0.3 is 14.8 Å². The van der Waals surface area contributed by atoms with E-state index in [1.807, 2.05) is 0 Å². The van der Waals surface area contributed by atoms with Crippen LogP contribution in [0.4, 0.5) is 0 Å². The van der Waals surface area contributed by atoms with Crippen molar-refractivity contribution < 1.29 is 9.47 Å². The van der Waals surface area contributed by atoms with Gasteiger partial charge in [0.25, 0.3) is 0 Å². The van der Waals surface area contributed by atoms with Gasteiger partial charge in [0.15, 0.2) is 0 Å². The largest absolute Gasteiger partial charge is 0.383 e. The SMILES string of the molecule is COCCNCCc1nnc(-c2ccc3c(c2)COC3)s1. The lowest BCUT2D eigenvalue weighted by Crippen LogP contribution is -2.21. The highest BCUT2D eigenvalue weighted by Crippen LogP contribution is 2.28. The highest BCUT2D eigenvalue weighted by molar-refractivity contribution is 7.14. The molecule has 112 valence electrons. The minimum absolute atomic E-state index is 0.707. The van der Waals surface area contributed by atoms with E-state index in [9.17, 15) is 0 Å². The summed E-state index contributed by atoms with van der Waals surface area (Å²) in [5.41, 5.74) is 3.69. The van der Waals surface area contributed by atoms with Gasteiger partial charge >= 0.3 is 0 Å². The first kappa shape index (κ1) is 14.6. The maximum Gasteiger partial charge on any atom is 0.147 e. The molecule has 2 aromatic rings. The van der Waals surface area contributed by atoms with E-state index in [1.165, 1.54) is 11.1 Å². The summed E-state index contributed by atoms with van der Waals surface area (Å²) >= 11 is 1.66. The Morgan fingerprint density at radius 1 is 1.24 bits per heavy atom. The normalized spacial score (nSPS) is 13.6.